The van der Waals surface area contributed by atoms with Crippen molar-refractivity contribution in [1.29, 1.82) is 0 Å². The van der Waals surface area contributed by atoms with E-state index in [1.807, 2.05) is 24.3 Å². The summed E-state index contributed by atoms with van der Waals surface area (Å²) in [6, 6.07) is 13.7. The molecule has 0 unspecified atom stereocenters. The Kier molecular flexibility index (Phi) is 8.88. The minimum absolute atomic E-state index is 0.0237. The zero-order valence-corrected chi connectivity index (χ0v) is 20.2. The molecular formula is C24H30ClN3O4S. The third-order valence-electron chi connectivity index (χ3n) is 5.89. The molecule has 0 aromatic heterocycles. The Hall–Kier alpha value is -2.42. The summed E-state index contributed by atoms with van der Waals surface area (Å²) in [4.78, 5) is 23.7. The van der Waals surface area contributed by atoms with Crippen LogP contribution in [-0.2, 0) is 26.0 Å². The number of benzene rings is 2. The van der Waals surface area contributed by atoms with Gasteiger partial charge in [-0.1, -0.05) is 23.7 Å². The number of nitrogens with one attached hydrogen (secondary N) is 3. The van der Waals surface area contributed by atoms with Crippen molar-refractivity contribution in [3.63, 3.8) is 0 Å². The van der Waals surface area contributed by atoms with Gasteiger partial charge in [0, 0.05) is 36.6 Å². The normalized spacial score (nSPS) is 18.5. The number of anilines is 1. The van der Waals surface area contributed by atoms with Crippen LogP contribution in [-0.4, -0.2) is 33.3 Å². The fraction of sp³-hybridized carbons (Fsp3) is 0.417. The maximum Gasteiger partial charge on any atom is 0.240 e. The fourth-order valence-electron chi connectivity index (χ4n) is 3.99. The lowest BCUT2D eigenvalue weighted by Gasteiger charge is -2.28. The van der Waals surface area contributed by atoms with Crippen molar-refractivity contribution >= 4 is 39.1 Å². The van der Waals surface area contributed by atoms with Gasteiger partial charge < -0.3 is 10.6 Å². The molecule has 7 nitrogen and oxygen atoms in total. The molecule has 1 aliphatic carbocycles. The van der Waals surface area contributed by atoms with Crippen LogP contribution in [0.5, 0.6) is 0 Å². The van der Waals surface area contributed by atoms with E-state index < -0.39 is 10.0 Å². The highest BCUT2D eigenvalue weighted by Gasteiger charge is 2.27. The predicted octanol–water partition coefficient (Wildman–Crippen LogP) is 3.74. The zero-order chi connectivity index (χ0) is 23.8. The summed E-state index contributed by atoms with van der Waals surface area (Å²) in [5, 5.41) is 6.32. The van der Waals surface area contributed by atoms with Crippen molar-refractivity contribution in [2.75, 3.05) is 18.4 Å². The van der Waals surface area contributed by atoms with Gasteiger partial charge >= 0.3 is 0 Å². The molecule has 3 N–H and O–H groups in total. The quantitative estimate of drug-likeness (QED) is 0.497. The SMILES string of the molecule is CC(=O)Nc1ccc(S(=O)(=O)NCC2CCC(C(=O)NCCc3ccc(Cl)cc3)CC2)cc1. The van der Waals surface area contributed by atoms with E-state index in [2.05, 4.69) is 15.4 Å². The van der Waals surface area contributed by atoms with Crippen LogP contribution < -0.4 is 15.4 Å². The number of rotatable bonds is 9. The van der Waals surface area contributed by atoms with Crippen LogP contribution in [0.1, 0.15) is 38.2 Å². The van der Waals surface area contributed by atoms with Crippen LogP contribution in [0.4, 0.5) is 5.69 Å². The Labute approximate surface area is 200 Å². The molecule has 0 heterocycles. The van der Waals surface area contributed by atoms with E-state index in [-0.39, 0.29) is 28.5 Å². The molecule has 0 radical (unpaired) electrons. The number of carbonyl (C=O) groups is 2. The van der Waals surface area contributed by atoms with Gasteiger partial charge in [-0.15, -0.1) is 0 Å². The predicted molar refractivity (Wildman–Crippen MR) is 130 cm³/mol. The number of sulfonamides is 1. The summed E-state index contributed by atoms with van der Waals surface area (Å²) in [6.07, 6.45) is 3.87. The molecule has 33 heavy (non-hydrogen) atoms. The Morgan fingerprint density at radius 3 is 2.21 bits per heavy atom. The summed E-state index contributed by atoms with van der Waals surface area (Å²) < 4.78 is 27.8. The first-order valence-electron chi connectivity index (χ1n) is 11.1. The second-order valence-electron chi connectivity index (χ2n) is 8.44. The molecule has 2 aromatic rings. The number of hydrogen-bond acceptors (Lipinski definition) is 4. The summed E-state index contributed by atoms with van der Waals surface area (Å²) in [5.74, 6) is 0.0396. The van der Waals surface area contributed by atoms with Gasteiger partial charge in [0.25, 0.3) is 0 Å². The summed E-state index contributed by atoms with van der Waals surface area (Å²) in [6.45, 7) is 2.33. The van der Waals surface area contributed by atoms with Crippen molar-refractivity contribution in [3.8, 4) is 0 Å². The van der Waals surface area contributed by atoms with Gasteiger partial charge in [-0.2, -0.15) is 0 Å². The largest absolute Gasteiger partial charge is 0.356 e. The van der Waals surface area contributed by atoms with Crippen molar-refractivity contribution in [2.45, 2.75) is 43.9 Å². The van der Waals surface area contributed by atoms with Crippen molar-refractivity contribution < 1.29 is 18.0 Å². The zero-order valence-electron chi connectivity index (χ0n) is 18.6. The van der Waals surface area contributed by atoms with Crippen LogP contribution in [0.15, 0.2) is 53.4 Å². The lowest BCUT2D eigenvalue weighted by Crippen LogP contribution is -2.36. The molecule has 1 fully saturated rings. The summed E-state index contributed by atoms with van der Waals surface area (Å²) in [5.41, 5.74) is 1.67. The molecule has 0 saturated heterocycles. The molecule has 1 saturated carbocycles. The van der Waals surface area contributed by atoms with Crippen molar-refractivity contribution in [1.82, 2.24) is 10.0 Å². The summed E-state index contributed by atoms with van der Waals surface area (Å²) >= 11 is 5.89. The third-order valence-corrected chi connectivity index (χ3v) is 7.58. The smallest absolute Gasteiger partial charge is 0.240 e. The molecule has 0 spiro atoms. The summed E-state index contributed by atoms with van der Waals surface area (Å²) in [7, 11) is -3.63. The average molecular weight is 492 g/mol. The fourth-order valence-corrected chi connectivity index (χ4v) is 5.23. The number of halogens is 1. The van der Waals surface area contributed by atoms with Gasteiger partial charge in [0.1, 0.15) is 0 Å². The topological polar surface area (TPSA) is 104 Å². The van der Waals surface area contributed by atoms with Crippen LogP contribution in [0.25, 0.3) is 0 Å². The highest BCUT2D eigenvalue weighted by atomic mass is 35.5. The number of hydrogen-bond donors (Lipinski definition) is 3. The molecule has 1 aliphatic rings. The molecular weight excluding hydrogens is 462 g/mol. The highest BCUT2D eigenvalue weighted by Crippen LogP contribution is 2.29. The molecule has 0 aliphatic heterocycles. The lowest BCUT2D eigenvalue weighted by molar-refractivity contribution is -0.126. The van der Waals surface area contributed by atoms with Crippen molar-refractivity contribution in [3.05, 3.63) is 59.1 Å². The van der Waals surface area contributed by atoms with E-state index in [1.165, 1.54) is 19.1 Å². The molecule has 0 bridgehead atoms. The van der Waals surface area contributed by atoms with Gasteiger partial charge in [0.2, 0.25) is 21.8 Å². The molecule has 2 amide bonds. The van der Waals surface area contributed by atoms with Crippen LogP contribution in [0.2, 0.25) is 5.02 Å². The first-order valence-corrected chi connectivity index (χ1v) is 13.0. The standard InChI is InChI=1S/C24H30ClN3O4S/c1-17(29)28-22-10-12-23(13-11-22)33(31,32)27-16-19-2-6-20(7-3-19)24(30)26-15-14-18-4-8-21(25)9-5-18/h4-5,8-13,19-20,27H,2-3,6-7,14-16H2,1H3,(H,26,30)(H,28,29). The highest BCUT2D eigenvalue weighted by molar-refractivity contribution is 7.89. The Bertz CT molecular complexity index is 1050. The van der Waals surface area contributed by atoms with Gasteiger partial charge in [0.05, 0.1) is 4.90 Å². The van der Waals surface area contributed by atoms with Gasteiger partial charge in [-0.3, -0.25) is 9.59 Å². The Morgan fingerprint density at radius 2 is 1.61 bits per heavy atom. The number of carbonyl (C=O) groups excluding carboxylic acids is 2. The van der Waals surface area contributed by atoms with Crippen LogP contribution in [0.3, 0.4) is 0 Å². The maximum atomic E-state index is 12.6. The number of amides is 2. The maximum absolute atomic E-state index is 12.6. The molecule has 2 aromatic carbocycles. The monoisotopic (exact) mass is 491 g/mol. The van der Waals surface area contributed by atoms with E-state index in [0.29, 0.717) is 23.8 Å². The van der Waals surface area contributed by atoms with Gasteiger partial charge in [-0.05, 0) is 80.0 Å². The first kappa shape index (κ1) is 25.2. The second kappa shape index (κ2) is 11.6. The van der Waals surface area contributed by atoms with Gasteiger partial charge in [0.15, 0.2) is 0 Å². The molecule has 0 atom stereocenters. The van der Waals surface area contributed by atoms with Gasteiger partial charge in [-0.25, -0.2) is 13.1 Å². The van der Waals surface area contributed by atoms with E-state index in [4.69, 9.17) is 11.6 Å². The molecule has 3 rings (SSSR count). The third kappa shape index (κ3) is 7.84. The minimum atomic E-state index is -3.63. The Balaban J connectivity index is 1.39. The second-order valence-corrected chi connectivity index (χ2v) is 10.6. The first-order chi connectivity index (χ1) is 15.7. The average Bonchev–Trinajstić information content (AvgIpc) is 2.79. The lowest BCUT2D eigenvalue weighted by atomic mass is 9.81. The van der Waals surface area contributed by atoms with Crippen LogP contribution in [0, 0.1) is 11.8 Å². The van der Waals surface area contributed by atoms with E-state index >= 15 is 0 Å². The molecule has 178 valence electrons. The Morgan fingerprint density at radius 1 is 0.970 bits per heavy atom. The van der Waals surface area contributed by atoms with Crippen LogP contribution >= 0.6 is 11.6 Å². The van der Waals surface area contributed by atoms with E-state index in [0.717, 1.165) is 37.7 Å². The molecule has 9 heteroatoms. The van der Waals surface area contributed by atoms with E-state index in [1.54, 1.807) is 12.1 Å². The van der Waals surface area contributed by atoms with E-state index in [9.17, 15) is 18.0 Å². The minimum Gasteiger partial charge on any atom is -0.356 e. The van der Waals surface area contributed by atoms with Crippen molar-refractivity contribution in [2.24, 2.45) is 11.8 Å².